The molecule has 0 saturated heterocycles. The summed E-state index contributed by atoms with van der Waals surface area (Å²) in [5.74, 6) is 1.84. The summed E-state index contributed by atoms with van der Waals surface area (Å²) in [7, 11) is 0. The topological polar surface area (TPSA) is 29.3 Å². The molecule has 0 radical (unpaired) electrons. The predicted molar refractivity (Wildman–Crippen MR) is 125 cm³/mol. The van der Waals surface area contributed by atoms with Crippen LogP contribution < -0.4 is 44.6 Å². The summed E-state index contributed by atoms with van der Waals surface area (Å²) < 4.78 is 0. The van der Waals surface area contributed by atoms with Crippen molar-refractivity contribution < 1.29 is 50.5 Å². The molecule has 0 spiro atoms. The number of para-hydroxylation sites is 2. The second-order valence-corrected chi connectivity index (χ2v) is 9.13. The van der Waals surface area contributed by atoms with Gasteiger partial charge in [-0.15, -0.1) is 0 Å². The Bertz CT molecular complexity index is 673. The molecule has 0 bridgehead atoms. The Morgan fingerprint density at radius 1 is 0.613 bits per heavy atom. The van der Waals surface area contributed by atoms with E-state index in [1.165, 1.54) is 33.6 Å². The molecule has 0 amide bonds. The Morgan fingerprint density at radius 3 is 1.06 bits per heavy atom. The maximum atomic E-state index is 6.17. The molecule has 0 unspecified atom stereocenters. The van der Waals surface area contributed by atoms with Gasteiger partial charge in [-0.1, -0.05) is 91.8 Å². The molecular weight excluding hydrogens is 559 g/mol. The first-order valence-corrected chi connectivity index (χ1v) is 10.9. The summed E-state index contributed by atoms with van der Waals surface area (Å²) in [6, 6.07) is 13.6. The summed E-state index contributed by atoms with van der Waals surface area (Å²) in [5, 5.41) is 0. The van der Waals surface area contributed by atoms with Crippen molar-refractivity contribution in [3.63, 3.8) is 0 Å². The van der Waals surface area contributed by atoms with Crippen LogP contribution in [-0.4, -0.2) is 13.1 Å². The maximum Gasteiger partial charge on any atom is 2.00 e. The molecule has 0 aliphatic heterocycles. The number of rotatable bonds is 8. The van der Waals surface area contributed by atoms with Crippen LogP contribution in [0.3, 0.4) is 0 Å². The molecule has 0 aliphatic carbocycles. The molecular formula is C26H40Br2N2Ni. The summed E-state index contributed by atoms with van der Waals surface area (Å²) >= 11 is 0. The second-order valence-electron chi connectivity index (χ2n) is 9.13. The van der Waals surface area contributed by atoms with Gasteiger partial charge in [-0.2, -0.15) is 0 Å². The zero-order valence-corrected chi connectivity index (χ0v) is 24.4. The molecule has 0 heterocycles. The maximum absolute atomic E-state index is 6.17. The van der Waals surface area contributed by atoms with Crippen LogP contribution in [-0.2, 0) is 16.5 Å². The fourth-order valence-electron chi connectivity index (χ4n) is 4.11. The van der Waals surface area contributed by atoms with Crippen LogP contribution in [0.2, 0.25) is 0 Å². The van der Waals surface area contributed by atoms with Crippen molar-refractivity contribution in [2.45, 2.75) is 79.1 Å². The molecule has 2 aromatic rings. The second kappa shape index (κ2) is 14.7. The van der Waals surface area contributed by atoms with Crippen molar-refractivity contribution in [1.82, 2.24) is 0 Å². The zero-order valence-electron chi connectivity index (χ0n) is 20.3. The third-order valence-electron chi connectivity index (χ3n) is 5.58. The number of hydrogen-bond acceptors (Lipinski definition) is 2. The molecule has 178 valence electrons. The fourth-order valence-corrected chi connectivity index (χ4v) is 4.11. The van der Waals surface area contributed by atoms with E-state index < -0.39 is 0 Å². The van der Waals surface area contributed by atoms with Crippen LogP contribution in [0, 0.1) is 0 Å². The van der Waals surface area contributed by atoms with Crippen LogP contribution in [0.4, 0.5) is 11.4 Å². The van der Waals surface area contributed by atoms with Gasteiger partial charge in [-0.05, 0) is 45.9 Å². The quantitative estimate of drug-likeness (QED) is 0.464. The van der Waals surface area contributed by atoms with E-state index in [4.69, 9.17) is 5.73 Å². The summed E-state index contributed by atoms with van der Waals surface area (Å²) in [4.78, 5) is 2.54. The number of halogens is 2. The summed E-state index contributed by atoms with van der Waals surface area (Å²) in [5.41, 5.74) is 14.5. The van der Waals surface area contributed by atoms with Crippen molar-refractivity contribution in [3.05, 3.63) is 58.7 Å². The van der Waals surface area contributed by atoms with Crippen LogP contribution in [0.25, 0.3) is 0 Å². The number of nitrogens with two attached hydrogens (primary N) is 1. The molecule has 0 saturated carbocycles. The van der Waals surface area contributed by atoms with E-state index in [2.05, 4.69) is 96.7 Å². The fraction of sp³-hybridized carbons (Fsp3) is 0.538. The minimum absolute atomic E-state index is 0. The summed E-state index contributed by atoms with van der Waals surface area (Å²) in [6.45, 7) is 19.8. The van der Waals surface area contributed by atoms with Crippen molar-refractivity contribution in [1.29, 1.82) is 0 Å². The SMILES string of the molecule is CC(C)c1cccc(C(C)C)c1N(CCN)c1c(C(C)C)cccc1C(C)C.[Br-].[Br-].[Ni+2]. The van der Waals surface area contributed by atoms with Crippen molar-refractivity contribution in [2.75, 3.05) is 18.0 Å². The number of benzene rings is 2. The van der Waals surface area contributed by atoms with E-state index in [1.807, 2.05) is 0 Å². The number of hydrogen-bond donors (Lipinski definition) is 1. The van der Waals surface area contributed by atoms with Gasteiger partial charge in [0.05, 0.1) is 0 Å². The van der Waals surface area contributed by atoms with Gasteiger partial charge in [0.25, 0.3) is 0 Å². The van der Waals surface area contributed by atoms with Gasteiger partial charge >= 0.3 is 16.5 Å². The average molecular weight is 599 g/mol. The minimum atomic E-state index is 0. The van der Waals surface area contributed by atoms with Crippen LogP contribution in [0.5, 0.6) is 0 Å². The Labute approximate surface area is 222 Å². The first-order valence-electron chi connectivity index (χ1n) is 10.9. The van der Waals surface area contributed by atoms with Gasteiger partial charge in [0.15, 0.2) is 0 Å². The van der Waals surface area contributed by atoms with E-state index in [0.29, 0.717) is 30.2 Å². The summed E-state index contributed by atoms with van der Waals surface area (Å²) in [6.07, 6.45) is 0. The van der Waals surface area contributed by atoms with Crippen molar-refractivity contribution >= 4 is 11.4 Å². The monoisotopic (exact) mass is 596 g/mol. The van der Waals surface area contributed by atoms with E-state index in [-0.39, 0.29) is 50.5 Å². The molecule has 0 aromatic heterocycles. The molecule has 0 fully saturated rings. The Balaban J connectivity index is 0. The largest absolute Gasteiger partial charge is 2.00 e. The molecule has 2 aromatic carbocycles. The van der Waals surface area contributed by atoms with Crippen LogP contribution in [0.1, 0.15) is 101 Å². The van der Waals surface area contributed by atoms with Gasteiger partial charge in [-0.25, -0.2) is 0 Å². The predicted octanol–water partition coefficient (Wildman–Crippen LogP) is 1.28. The zero-order chi connectivity index (χ0) is 21.0. The van der Waals surface area contributed by atoms with E-state index >= 15 is 0 Å². The standard InChI is InChI=1S/C26H40N2.2BrH.Ni/c1-17(2)21-11-9-12-22(18(3)4)25(21)28(16-15-27)26-23(19(5)6)13-10-14-24(26)20(7)8;;;/h9-14,17-20H,15-16,27H2,1-8H3;2*1H;/q;;;+2/p-2. The van der Waals surface area contributed by atoms with E-state index in [9.17, 15) is 0 Å². The smallest absolute Gasteiger partial charge is 1.00 e. The molecule has 2 N–H and O–H groups in total. The number of anilines is 2. The van der Waals surface area contributed by atoms with Crippen molar-refractivity contribution in [3.8, 4) is 0 Å². The van der Waals surface area contributed by atoms with Gasteiger partial charge in [-0.3, -0.25) is 0 Å². The van der Waals surface area contributed by atoms with Crippen molar-refractivity contribution in [2.24, 2.45) is 5.73 Å². The average Bonchev–Trinajstić information content (AvgIpc) is 2.64. The van der Waals surface area contributed by atoms with Crippen LogP contribution >= 0.6 is 0 Å². The molecule has 31 heavy (non-hydrogen) atoms. The van der Waals surface area contributed by atoms with E-state index in [0.717, 1.165) is 6.54 Å². The van der Waals surface area contributed by atoms with E-state index in [1.54, 1.807) is 0 Å². The van der Waals surface area contributed by atoms with Gasteiger partial charge in [0, 0.05) is 24.5 Å². The molecule has 2 rings (SSSR count). The minimum Gasteiger partial charge on any atom is -1.00 e. The first kappa shape index (κ1) is 32.8. The molecule has 0 aliphatic rings. The molecule has 5 heteroatoms. The third-order valence-corrected chi connectivity index (χ3v) is 5.58. The van der Waals surface area contributed by atoms with Gasteiger partial charge < -0.3 is 44.6 Å². The Morgan fingerprint density at radius 2 is 0.871 bits per heavy atom. The normalized spacial score (nSPS) is 10.7. The Hall–Kier alpha value is -0.346. The van der Waals surface area contributed by atoms with Gasteiger partial charge in [0.1, 0.15) is 0 Å². The first-order chi connectivity index (χ1) is 13.2. The third kappa shape index (κ3) is 7.59. The molecule has 0 atom stereocenters. The number of nitrogens with zero attached hydrogens (tertiary/aromatic N) is 1. The molecule has 2 nitrogen and oxygen atoms in total. The van der Waals surface area contributed by atoms with Gasteiger partial charge in [0.2, 0.25) is 0 Å². The Kier molecular flexibility index (Phi) is 15.6. The van der Waals surface area contributed by atoms with Crippen LogP contribution in [0.15, 0.2) is 36.4 Å².